The van der Waals surface area contributed by atoms with Gasteiger partial charge in [0, 0.05) is 11.8 Å². The average Bonchev–Trinajstić information content (AvgIpc) is 3.06. The molecule has 0 bridgehead atoms. The van der Waals surface area contributed by atoms with Crippen molar-refractivity contribution in [2.45, 2.75) is 21.6 Å². The van der Waals surface area contributed by atoms with Crippen LogP contribution in [-0.2, 0) is 20.2 Å². The zero-order valence-electron chi connectivity index (χ0n) is 27.2. The number of benzene rings is 5. The Kier molecular flexibility index (Phi) is 10.5. The Morgan fingerprint density at radius 2 is 1.31 bits per heavy atom. The minimum atomic E-state index is -5.35. The first kappa shape index (κ1) is 39.9. The molecule has 0 aromatic heterocycles. The number of nitrogen functional groups attached to an aromatic ring is 1. The third-order valence-corrected chi connectivity index (χ3v) is 10.1. The molecular weight excluding hydrogens is 800 g/mol. The summed E-state index contributed by atoms with van der Waals surface area (Å²) < 4.78 is 114. The second kappa shape index (κ2) is 14.5. The number of nitrogens with zero attached hydrogens (tertiary/aromatic N) is 6. The Hall–Kier alpha value is -6.26. The molecule has 0 atom stereocenters. The number of hydrogen-bond acceptors (Lipinski definition) is 18. The van der Waals surface area contributed by atoms with Crippen LogP contribution in [0.1, 0.15) is 5.56 Å². The first-order chi connectivity index (χ1) is 25.5. The molecule has 0 heterocycles. The van der Waals surface area contributed by atoms with E-state index in [-0.39, 0.29) is 11.4 Å². The maximum atomic E-state index is 14.4. The summed E-state index contributed by atoms with van der Waals surface area (Å²) >= 11 is 0. The Labute approximate surface area is 308 Å². The number of aromatic hydroxyl groups is 1. The molecule has 0 aliphatic carbocycles. The van der Waals surface area contributed by atoms with Crippen LogP contribution in [-0.4, -0.2) is 54.6 Å². The summed E-state index contributed by atoms with van der Waals surface area (Å²) in [6, 6.07) is 10.8. The van der Waals surface area contributed by atoms with Gasteiger partial charge in [0.15, 0.2) is 5.75 Å². The van der Waals surface area contributed by atoms with E-state index in [2.05, 4.69) is 25.8 Å². The molecule has 5 rings (SSSR count). The molecule has 0 amide bonds. The van der Waals surface area contributed by atoms with E-state index >= 15 is 0 Å². The first-order valence-electron chi connectivity index (χ1n) is 14.5. The van der Waals surface area contributed by atoms with Crippen molar-refractivity contribution in [3.05, 3.63) is 98.3 Å². The Morgan fingerprint density at radius 3 is 1.87 bits per heavy atom. The highest BCUT2D eigenvalue weighted by atomic mass is 32.3. The van der Waals surface area contributed by atoms with Gasteiger partial charge in [-0.2, -0.15) is 26.3 Å². The van der Waals surface area contributed by atoms with Crippen molar-refractivity contribution in [3.8, 4) is 5.75 Å². The van der Waals surface area contributed by atoms with Crippen LogP contribution in [0.25, 0.3) is 10.8 Å². The van der Waals surface area contributed by atoms with Crippen molar-refractivity contribution in [2.75, 3.05) is 11.1 Å². The summed E-state index contributed by atoms with van der Waals surface area (Å²) in [4.78, 5) is 17.4. The number of phenols is 1. The SMILES string of the molecule is Cc1ccc(N=Nc2c(S(O)(O)O)cc3cc(S(=O)(=O)O)c(N=Nc4cc(Nc5cc(F)c([N+](=O)[O-])cc5[N+](=O)[O-])ccc4S(=O)(=O)O)c(N)c3c2O)cc1. The van der Waals surface area contributed by atoms with Crippen LogP contribution >= 0.6 is 10.9 Å². The molecule has 26 heteroatoms. The number of fused-ring (bicyclic) bond motifs is 1. The Balaban J connectivity index is 1.72. The lowest BCUT2D eigenvalue weighted by Crippen LogP contribution is -2.03. The van der Waals surface area contributed by atoms with E-state index in [9.17, 15) is 69.3 Å². The van der Waals surface area contributed by atoms with Crippen molar-refractivity contribution < 1.29 is 58.9 Å². The van der Waals surface area contributed by atoms with E-state index in [1.54, 1.807) is 19.1 Å². The number of azo groups is 2. The summed E-state index contributed by atoms with van der Waals surface area (Å²) in [7, 11) is -15.2. The normalized spacial score (nSPS) is 12.8. The lowest BCUT2D eigenvalue weighted by molar-refractivity contribution is -0.395. The zero-order chi connectivity index (χ0) is 40.8. The molecule has 5 aromatic carbocycles. The molecule has 0 spiro atoms. The van der Waals surface area contributed by atoms with E-state index < -0.39 is 118 Å². The molecule has 0 fully saturated rings. The summed E-state index contributed by atoms with van der Waals surface area (Å²) in [5, 5.41) is 50.4. The standard InChI is InChI=1S/C29H23FN8O14S3/c1-13-2-4-15(5-3-13)33-36-28-24(55(50,51)52)9-14-8-23(54(47,48)49)27(26(31)25(14)29(28)39)35-34-19-10-16(6-7-22(19)53(44,45)46)32-18-11-17(30)20(37(40)41)12-21(18)38(42)43/h2-12,32,39,50-52H,31H2,1H3,(H,44,45,46)(H,47,48,49). The monoisotopic (exact) mass is 822 g/mol. The first-order valence-corrected chi connectivity index (χ1v) is 18.9. The molecule has 0 radical (unpaired) electrons. The molecule has 0 saturated heterocycles. The number of nitro benzene ring substituents is 2. The van der Waals surface area contributed by atoms with Crippen molar-refractivity contribution >= 4 is 93.1 Å². The lowest BCUT2D eigenvalue weighted by Gasteiger charge is -2.22. The second-order valence-corrected chi connectivity index (χ2v) is 15.4. The number of halogens is 1. The highest BCUT2D eigenvalue weighted by Gasteiger charge is 2.30. The van der Waals surface area contributed by atoms with Crippen molar-refractivity contribution in [3.63, 3.8) is 0 Å². The van der Waals surface area contributed by atoms with Crippen molar-refractivity contribution in [1.29, 1.82) is 0 Å². The number of nitro groups is 2. The summed E-state index contributed by atoms with van der Waals surface area (Å²) in [6.07, 6.45) is 0. The molecule has 22 nitrogen and oxygen atoms in total. The van der Waals surface area contributed by atoms with Gasteiger partial charge in [0.1, 0.15) is 43.4 Å². The van der Waals surface area contributed by atoms with Gasteiger partial charge in [-0.3, -0.25) is 29.3 Å². The van der Waals surface area contributed by atoms with E-state index in [4.69, 9.17) is 5.73 Å². The fourth-order valence-electron chi connectivity index (χ4n) is 4.93. The molecular formula is C29H23FN8O14S3. The van der Waals surface area contributed by atoms with E-state index in [0.29, 0.717) is 24.3 Å². The van der Waals surface area contributed by atoms with E-state index in [1.165, 1.54) is 12.1 Å². The van der Waals surface area contributed by atoms with Crippen LogP contribution in [0.3, 0.4) is 0 Å². The Bertz CT molecular complexity index is 2730. The molecule has 9 N–H and O–H groups in total. The Morgan fingerprint density at radius 1 is 0.727 bits per heavy atom. The fourth-order valence-corrected chi connectivity index (χ4v) is 6.89. The highest BCUT2D eigenvalue weighted by Crippen LogP contribution is 2.56. The molecule has 55 heavy (non-hydrogen) atoms. The summed E-state index contributed by atoms with van der Waals surface area (Å²) in [6.45, 7) is 1.78. The number of anilines is 3. The third kappa shape index (κ3) is 8.45. The van der Waals surface area contributed by atoms with Crippen molar-refractivity contribution in [2.24, 2.45) is 20.5 Å². The van der Waals surface area contributed by atoms with E-state index in [1.807, 2.05) is 0 Å². The number of aryl methyl sites for hydroxylation is 1. The van der Waals surface area contributed by atoms with Gasteiger partial charge >= 0.3 is 5.69 Å². The molecule has 0 unspecified atom stereocenters. The number of hydrogen-bond donors (Lipinski definition) is 8. The highest BCUT2D eigenvalue weighted by molar-refractivity contribution is 8.19. The molecule has 0 aliphatic rings. The van der Waals surface area contributed by atoms with Gasteiger partial charge in [0.05, 0.1) is 37.6 Å². The largest absolute Gasteiger partial charge is 0.505 e. The predicted molar refractivity (Wildman–Crippen MR) is 192 cm³/mol. The van der Waals surface area contributed by atoms with Crippen LogP contribution in [0.4, 0.5) is 55.6 Å². The minimum Gasteiger partial charge on any atom is -0.505 e. The summed E-state index contributed by atoms with van der Waals surface area (Å²) in [5.74, 6) is -2.51. The fraction of sp³-hybridized carbons (Fsp3) is 0.0345. The molecule has 5 aromatic rings. The van der Waals surface area contributed by atoms with Gasteiger partial charge in [-0.1, -0.05) is 17.7 Å². The van der Waals surface area contributed by atoms with Gasteiger partial charge in [0.2, 0.25) is 5.82 Å². The van der Waals surface area contributed by atoms with Crippen LogP contribution in [0, 0.1) is 33.0 Å². The maximum Gasteiger partial charge on any atom is 0.311 e. The summed E-state index contributed by atoms with van der Waals surface area (Å²) in [5.41, 5.74) is 0.694. The van der Waals surface area contributed by atoms with Crippen LogP contribution in [0.15, 0.2) is 102 Å². The quantitative estimate of drug-likeness (QED) is 0.0205. The van der Waals surface area contributed by atoms with Gasteiger partial charge in [0.25, 0.3) is 25.9 Å². The number of phenolic OH excluding ortho intramolecular Hbond substituents is 1. The van der Waals surface area contributed by atoms with Gasteiger partial charge in [-0.05, 0) is 54.8 Å². The minimum absolute atomic E-state index is 0.203. The molecule has 288 valence electrons. The zero-order valence-corrected chi connectivity index (χ0v) is 29.6. The van der Waals surface area contributed by atoms with E-state index in [0.717, 1.165) is 23.8 Å². The number of nitrogens with one attached hydrogen (secondary N) is 1. The second-order valence-electron chi connectivity index (χ2n) is 11.2. The average molecular weight is 823 g/mol. The van der Waals surface area contributed by atoms with Gasteiger partial charge < -0.3 is 29.8 Å². The van der Waals surface area contributed by atoms with Gasteiger partial charge in [-0.15, -0.1) is 15.3 Å². The predicted octanol–water partition coefficient (Wildman–Crippen LogP) is 8.04. The van der Waals surface area contributed by atoms with Gasteiger partial charge in [-0.25, -0.2) is 0 Å². The topological polar surface area (TPSA) is 363 Å². The maximum absolute atomic E-state index is 14.4. The number of rotatable bonds is 11. The van der Waals surface area contributed by atoms with Crippen molar-refractivity contribution in [1.82, 2.24) is 0 Å². The molecule has 0 aliphatic heterocycles. The number of nitrogens with two attached hydrogens (primary N) is 1. The molecule has 0 saturated carbocycles. The smallest absolute Gasteiger partial charge is 0.311 e. The lowest BCUT2D eigenvalue weighted by atomic mass is 10.1. The van der Waals surface area contributed by atoms with Crippen LogP contribution in [0.5, 0.6) is 5.75 Å². The van der Waals surface area contributed by atoms with Crippen LogP contribution < -0.4 is 11.1 Å². The third-order valence-electron chi connectivity index (χ3n) is 7.42. The van der Waals surface area contributed by atoms with Crippen LogP contribution in [0.2, 0.25) is 0 Å².